The van der Waals surface area contributed by atoms with E-state index in [4.69, 9.17) is 9.84 Å². The maximum Gasteiger partial charge on any atom is 0.335 e. The fourth-order valence-electron chi connectivity index (χ4n) is 3.26. The quantitative estimate of drug-likeness (QED) is 0.594. The smallest absolute Gasteiger partial charge is 0.335 e. The van der Waals surface area contributed by atoms with Crippen LogP contribution < -0.4 is 10.1 Å². The van der Waals surface area contributed by atoms with E-state index in [1.165, 1.54) is 25.6 Å². The van der Waals surface area contributed by atoms with Crippen molar-refractivity contribution in [2.45, 2.75) is 33.1 Å². The molecule has 0 saturated carbocycles. The number of benzene rings is 1. The Hall–Kier alpha value is -3.49. The zero-order chi connectivity index (χ0) is 21.0. The fraction of sp³-hybridized carbons (Fsp3) is 0.350. The summed E-state index contributed by atoms with van der Waals surface area (Å²) in [6, 6.07) is 4.72. The van der Waals surface area contributed by atoms with Crippen LogP contribution in [0.2, 0.25) is 0 Å². The van der Waals surface area contributed by atoms with Gasteiger partial charge in [0.2, 0.25) is 5.91 Å². The number of aromatic carboxylic acids is 1. The van der Waals surface area contributed by atoms with Crippen molar-refractivity contribution in [3.8, 4) is 5.75 Å². The van der Waals surface area contributed by atoms with Gasteiger partial charge in [0.15, 0.2) is 0 Å². The van der Waals surface area contributed by atoms with Gasteiger partial charge in [-0.1, -0.05) is 6.07 Å². The number of carboxylic acids is 1. The molecule has 0 spiro atoms. The molecule has 0 aliphatic carbocycles. The summed E-state index contributed by atoms with van der Waals surface area (Å²) in [5, 5.41) is 16.1. The molecule has 152 valence electrons. The molecule has 9 heteroatoms. The van der Waals surface area contributed by atoms with E-state index in [9.17, 15) is 9.59 Å². The zero-order valence-electron chi connectivity index (χ0n) is 16.6. The predicted octanol–water partition coefficient (Wildman–Crippen LogP) is 1.74. The van der Waals surface area contributed by atoms with Crippen LogP contribution in [0.4, 0.5) is 0 Å². The van der Waals surface area contributed by atoms with Crippen LogP contribution in [0.3, 0.4) is 0 Å². The molecule has 0 bridgehead atoms. The summed E-state index contributed by atoms with van der Waals surface area (Å²) < 4.78 is 6.93. The lowest BCUT2D eigenvalue weighted by Crippen LogP contribution is -2.26. The minimum absolute atomic E-state index is 0.0661. The largest absolute Gasteiger partial charge is 0.496 e. The van der Waals surface area contributed by atoms with Crippen molar-refractivity contribution >= 4 is 17.7 Å². The summed E-state index contributed by atoms with van der Waals surface area (Å²) in [6.07, 6.45) is 2.89. The van der Waals surface area contributed by atoms with Crippen molar-refractivity contribution in [2.24, 2.45) is 0 Å². The maximum atomic E-state index is 12.3. The number of nitrogens with one attached hydrogen (secondary N) is 1. The zero-order valence-corrected chi connectivity index (χ0v) is 16.6. The average Bonchev–Trinajstić information content (AvgIpc) is 3.16. The van der Waals surface area contributed by atoms with Crippen molar-refractivity contribution in [1.29, 1.82) is 0 Å². The van der Waals surface area contributed by atoms with Gasteiger partial charge < -0.3 is 15.2 Å². The van der Waals surface area contributed by atoms with Crippen molar-refractivity contribution in [2.75, 3.05) is 13.7 Å². The topological polar surface area (TPSA) is 119 Å². The van der Waals surface area contributed by atoms with Crippen LogP contribution in [-0.2, 0) is 17.6 Å². The first-order valence-electron chi connectivity index (χ1n) is 9.23. The summed E-state index contributed by atoms with van der Waals surface area (Å²) in [5.41, 5.74) is 3.77. The number of ether oxygens (including phenoxy) is 1. The highest BCUT2D eigenvalue weighted by atomic mass is 16.5. The molecule has 1 amide bonds. The van der Waals surface area contributed by atoms with Gasteiger partial charge in [-0.25, -0.2) is 14.3 Å². The molecule has 9 nitrogen and oxygen atoms in total. The first-order valence-corrected chi connectivity index (χ1v) is 9.23. The van der Waals surface area contributed by atoms with Gasteiger partial charge in [-0.2, -0.15) is 10.1 Å². The molecule has 0 saturated heterocycles. The molecular formula is C20H23N5O4. The second-order valence-electron chi connectivity index (χ2n) is 6.66. The van der Waals surface area contributed by atoms with Gasteiger partial charge in [-0.3, -0.25) is 4.79 Å². The van der Waals surface area contributed by atoms with E-state index in [2.05, 4.69) is 20.4 Å². The third-order valence-electron chi connectivity index (χ3n) is 4.84. The van der Waals surface area contributed by atoms with Gasteiger partial charge in [0, 0.05) is 24.4 Å². The molecule has 2 aromatic heterocycles. The fourth-order valence-corrected chi connectivity index (χ4v) is 3.26. The van der Waals surface area contributed by atoms with Gasteiger partial charge in [0.1, 0.15) is 12.1 Å². The van der Waals surface area contributed by atoms with Gasteiger partial charge in [0.25, 0.3) is 5.78 Å². The molecule has 0 aliphatic rings. The van der Waals surface area contributed by atoms with Gasteiger partial charge >= 0.3 is 5.97 Å². The first-order chi connectivity index (χ1) is 13.9. The number of carbonyl (C=O) groups excluding carboxylic acids is 1. The van der Waals surface area contributed by atoms with Crippen molar-refractivity contribution < 1.29 is 19.4 Å². The Balaban J connectivity index is 1.55. The van der Waals surface area contributed by atoms with Crippen LogP contribution in [0, 0.1) is 13.8 Å². The molecular weight excluding hydrogens is 374 g/mol. The molecule has 29 heavy (non-hydrogen) atoms. The number of fused-ring (bicyclic) bond motifs is 1. The number of hydrogen-bond acceptors (Lipinski definition) is 6. The molecule has 2 N–H and O–H groups in total. The highest BCUT2D eigenvalue weighted by molar-refractivity contribution is 5.88. The second-order valence-corrected chi connectivity index (χ2v) is 6.66. The van der Waals surface area contributed by atoms with Crippen LogP contribution in [-0.4, -0.2) is 50.2 Å². The Morgan fingerprint density at radius 1 is 1.24 bits per heavy atom. The van der Waals surface area contributed by atoms with Crippen LogP contribution in [0.5, 0.6) is 5.75 Å². The maximum absolute atomic E-state index is 12.3. The van der Waals surface area contributed by atoms with Crippen LogP contribution >= 0.6 is 0 Å². The number of methoxy groups -OCH3 is 1. The number of nitrogens with zero attached hydrogens (tertiary/aromatic N) is 4. The number of hydrogen-bond donors (Lipinski definition) is 2. The normalized spacial score (nSPS) is 10.9. The van der Waals surface area contributed by atoms with Crippen molar-refractivity contribution in [3.05, 3.63) is 52.6 Å². The molecule has 0 unspecified atom stereocenters. The Bertz CT molecular complexity index is 1060. The minimum Gasteiger partial charge on any atom is -0.496 e. The Labute approximate surface area is 167 Å². The van der Waals surface area contributed by atoms with E-state index >= 15 is 0 Å². The summed E-state index contributed by atoms with van der Waals surface area (Å²) in [5.74, 6) is -0.0235. The second kappa shape index (κ2) is 8.68. The molecule has 3 aromatic rings. The molecule has 0 radical (unpaired) electrons. The standard InChI is InChI=1S/C20H23N5O4/c1-12-16(13(2)25-20(24-12)22-11-23-25)6-7-18(26)21-9-8-14-4-5-15(19(27)28)10-17(14)29-3/h4-5,10-11H,6-9H2,1-3H3,(H,21,26)(H,27,28). The number of aromatic nitrogens is 4. The van der Waals surface area contributed by atoms with E-state index in [0.717, 1.165) is 22.5 Å². The van der Waals surface area contributed by atoms with Crippen LogP contribution in [0.15, 0.2) is 24.5 Å². The third-order valence-corrected chi connectivity index (χ3v) is 4.84. The SMILES string of the molecule is COc1cc(C(=O)O)ccc1CCNC(=O)CCc1c(C)nc2ncnn2c1C. The molecule has 3 rings (SSSR count). The van der Waals surface area contributed by atoms with Gasteiger partial charge in [-0.05, 0) is 49.9 Å². The molecule has 0 fully saturated rings. The summed E-state index contributed by atoms with van der Waals surface area (Å²) >= 11 is 0. The monoisotopic (exact) mass is 397 g/mol. The van der Waals surface area contributed by atoms with E-state index in [1.807, 2.05) is 13.8 Å². The average molecular weight is 397 g/mol. The molecule has 1 aromatic carbocycles. The van der Waals surface area contributed by atoms with E-state index in [1.54, 1.807) is 10.6 Å². The number of aryl methyl sites for hydroxylation is 2. The van der Waals surface area contributed by atoms with Gasteiger partial charge in [-0.15, -0.1) is 0 Å². The lowest BCUT2D eigenvalue weighted by atomic mass is 10.1. The number of rotatable bonds is 8. The lowest BCUT2D eigenvalue weighted by Gasteiger charge is -2.12. The van der Waals surface area contributed by atoms with E-state index in [0.29, 0.717) is 37.3 Å². The summed E-state index contributed by atoms with van der Waals surface area (Å²) in [4.78, 5) is 31.8. The summed E-state index contributed by atoms with van der Waals surface area (Å²) in [7, 11) is 1.49. The highest BCUT2D eigenvalue weighted by Gasteiger charge is 2.13. The van der Waals surface area contributed by atoms with E-state index < -0.39 is 5.97 Å². The lowest BCUT2D eigenvalue weighted by molar-refractivity contribution is -0.121. The van der Waals surface area contributed by atoms with Crippen molar-refractivity contribution in [3.63, 3.8) is 0 Å². The Kier molecular flexibility index (Phi) is 6.06. The van der Waals surface area contributed by atoms with Gasteiger partial charge in [0.05, 0.1) is 12.7 Å². The predicted molar refractivity (Wildman–Crippen MR) is 105 cm³/mol. The first kappa shape index (κ1) is 20.2. The Morgan fingerprint density at radius 3 is 2.76 bits per heavy atom. The highest BCUT2D eigenvalue weighted by Crippen LogP contribution is 2.21. The van der Waals surface area contributed by atoms with Crippen LogP contribution in [0.1, 0.15) is 39.3 Å². The van der Waals surface area contributed by atoms with Crippen LogP contribution in [0.25, 0.3) is 5.78 Å². The number of amides is 1. The molecule has 0 aliphatic heterocycles. The number of carboxylic acid groups (broad SMARTS) is 1. The minimum atomic E-state index is -1.01. The Morgan fingerprint density at radius 2 is 2.03 bits per heavy atom. The summed E-state index contributed by atoms with van der Waals surface area (Å²) in [6.45, 7) is 4.28. The van der Waals surface area contributed by atoms with Crippen molar-refractivity contribution in [1.82, 2.24) is 24.9 Å². The molecule has 0 atom stereocenters. The van der Waals surface area contributed by atoms with E-state index in [-0.39, 0.29) is 11.5 Å². The number of carbonyl (C=O) groups is 2. The molecule has 2 heterocycles. The third kappa shape index (κ3) is 4.50.